The maximum Gasteiger partial charge on any atom is 0.269 e. The molecule has 1 aromatic rings. The summed E-state index contributed by atoms with van der Waals surface area (Å²) in [4.78, 5) is 10.5. The van der Waals surface area contributed by atoms with Crippen molar-refractivity contribution in [1.82, 2.24) is 5.32 Å². The van der Waals surface area contributed by atoms with Crippen LogP contribution >= 0.6 is 11.8 Å². The minimum Gasteiger partial charge on any atom is -0.309 e. The van der Waals surface area contributed by atoms with E-state index < -0.39 is 0 Å². The van der Waals surface area contributed by atoms with Gasteiger partial charge in [0, 0.05) is 30.0 Å². The average molecular weight is 282 g/mol. The zero-order valence-corrected chi connectivity index (χ0v) is 12.6. The summed E-state index contributed by atoms with van der Waals surface area (Å²) < 4.78 is 0. The second-order valence-electron chi connectivity index (χ2n) is 4.65. The Kier molecular flexibility index (Phi) is 6.87. The molecule has 0 saturated heterocycles. The first-order chi connectivity index (χ1) is 9.08. The Morgan fingerprint density at radius 3 is 2.79 bits per heavy atom. The van der Waals surface area contributed by atoms with Crippen LogP contribution in [0.5, 0.6) is 0 Å². The van der Waals surface area contributed by atoms with Gasteiger partial charge in [0.05, 0.1) is 4.92 Å². The van der Waals surface area contributed by atoms with Crippen LogP contribution in [-0.2, 0) is 0 Å². The number of thioether (sulfide) groups is 1. The number of nitrogens with one attached hydrogen (secondary N) is 1. The van der Waals surface area contributed by atoms with E-state index in [0.717, 1.165) is 24.9 Å². The summed E-state index contributed by atoms with van der Waals surface area (Å²) in [5.41, 5.74) is 1.17. The zero-order valence-electron chi connectivity index (χ0n) is 11.8. The molecule has 0 fully saturated rings. The van der Waals surface area contributed by atoms with Gasteiger partial charge in [-0.05, 0) is 18.2 Å². The third-order valence-corrected chi connectivity index (χ3v) is 4.09. The molecule has 0 amide bonds. The number of nitrogens with zero attached hydrogens (tertiary/aromatic N) is 1. The van der Waals surface area contributed by atoms with Crippen molar-refractivity contribution in [2.75, 3.05) is 12.8 Å². The summed E-state index contributed by atoms with van der Waals surface area (Å²) in [6, 6.07) is 7.13. The van der Waals surface area contributed by atoms with E-state index in [-0.39, 0.29) is 16.7 Å². The fraction of sp³-hybridized carbons (Fsp3) is 0.571. The first-order valence-electron chi connectivity index (χ1n) is 6.59. The molecule has 2 unspecified atom stereocenters. The first-order valence-corrected chi connectivity index (χ1v) is 7.87. The molecule has 1 rings (SSSR count). The van der Waals surface area contributed by atoms with Crippen LogP contribution in [0.2, 0.25) is 0 Å². The largest absolute Gasteiger partial charge is 0.309 e. The Bertz CT molecular complexity index is 412. The van der Waals surface area contributed by atoms with E-state index in [9.17, 15) is 10.1 Å². The van der Waals surface area contributed by atoms with Gasteiger partial charge in [-0.2, -0.15) is 11.8 Å². The highest BCUT2D eigenvalue weighted by atomic mass is 32.2. The molecule has 5 heteroatoms. The van der Waals surface area contributed by atoms with Crippen LogP contribution in [0.15, 0.2) is 24.3 Å². The van der Waals surface area contributed by atoms with Crippen LogP contribution in [0.3, 0.4) is 0 Å². The molecule has 0 bridgehead atoms. The second-order valence-corrected chi connectivity index (χ2v) is 5.92. The van der Waals surface area contributed by atoms with E-state index in [0.29, 0.717) is 5.25 Å². The minimum absolute atomic E-state index is 0.165. The van der Waals surface area contributed by atoms with Gasteiger partial charge >= 0.3 is 0 Å². The van der Waals surface area contributed by atoms with E-state index in [4.69, 9.17) is 0 Å². The summed E-state index contributed by atoms with van der Waals surface area (Å²) in [7, 11) is 0. The van der Waals surface area contributed by atoms with Crippen molar-refractivity contribution < 1.29 is 4.92 Å². The van der Waals surface area contributed by atoms with Gasteiger partial charge in [0.1, 0.15) is 0 Å². The SMILES string of the molecule is CCCC(NCC(C)SC)c1cccc([N+](=O)[O-])c1. The van der Waals surface area contributed by atoms with Crippen LogP contribution in [0, 0.1) is 10.1 Å². The van der Waals surface area contributed by atoms with E-state index in [2.05, 4.69) is 25.4 Å². The zero-order chi connectivity index (χ0) is 14.3. The molecular weight excluding hydrogens is 260 g/mol. The Balaban J connectivity index is 2.79. The summed E-state index contributed by atoms with van der Waals surface area (Å²) in [5, 5.41) is 14.9. The van der Waals surface area contributed by atoms with E-state index in [1.807, 2.05) is 17.8 Å². The van der Waals surface area contributed by atoms with Gasteiger partial charge in [-0.1, -0.05) is 32.4 Å². The third kappa shape index (κ3) is 5.20. The van der Waals surface area contributed by atoms with Crippen molar-refractivity contribution in [2.45, 2.75) is 38.0 Å². The molecular formula is C14H22N2O2S. The highest BCUT2D eigenvalue weighted by Crippen LogP contribution is 2.23. The molecule has 0 spiro atoms. The molecule has 0 radical (unpaired) electrons. The topological polar surface area (TPSA) is 55.2 Å². The van der Waals surface area contributed by atoms with Crippen molar-refractivity contribution >= 4 is 17.4 Å². The smallest absolute Gasteiger partial charge is 0.269 e. The number of hydrogen-bond donors (Lipinski definition) is 1. The lowest BCUT2D eigenvalue weighted by Gasteiger charge is -2.20. The first kappa shape index (κ1) is 16.0. The fourth-order valence-corrected chi connectivity index (χ4v) is 2.18. The summed E-state index contributed by atoms with van der Waals surface area (Å²) >= 11 is 1.82. The lowest BCUT2D eigenvalue weighted by atomic mass is 10.0. The Labute approximate surface area is 119 Å². The van der Waals surface area contributed by atoms with Gasteiger partial charge in [-0.3, -0.25) is 10.1 Å². The van der Waals surface area contributed by atoms with Crippen molar-refractivity contribution in [2.24, 2.45) is 0 Å². The van der Waals surface area contributed by atoms with Gasteiger partial charge in [0.25, 0.3) is 5.69 Å². The quantitative estimate of drug-likeness (QED) is 0.582. The lowest BCUT2D eigenvalue weighted by molar-refractivity contribution is -0.384. The highest BCUT2D eigenvalue weighted by molar-refractivity contribution is 7.99. The Hall–Kier alpha value is -1.07. The number of non-ortho nitro benzene ring substituents is 1. The molecule has 2 atom stereocenters. The fourth-order valence-electron chi connectivity index (χ4n) is 1.92. The van der Waals surface area contributed by atoms with E-state index in [1.165, 1.54) is 6.07 Å². The second kappa shape index (κ2) is 8.17. The molecule has 0 aromatic heterocycles. The van der Waals surface area contributed by atoms with Crippen LogP contribution in [0.25, 0.3) is 0 Å². The van der Waals surface area contributed by atoms with Crippen molar-refractivity contribution in [1.29, 1.82) is 0 Å². The van der Waals surface area contributed by atoms with Crippen LogP contribution in [0.1, 0.15) is 38.3 Å². The van der Waals surface area contributed by atoms with Gasteiger partial charge in [0.2, 0.25) is 0 Å². The van der Waals surface area contributed by atoms with Gasteiger partial charge in [0.15, 0.2) is 0 Å². The summed E-state index contributed by atoms with van der Waals surface area (Å²) in [6.45, 7) is 5.21. The molecule has 0 heterocycles. The molecule has 0 saturated carbocycles. The molecule has 106 valence electrons. The molecule has 0 aliphatic rings. The standard InChI is InChI=1S/C14H22N2O2S/c1-4-6-14(15-10-11(2)19-3)12-7-5-8-13(9-12)16(17)18/h5,7-9,11,14-15H,4,6,10H2,1-3H3. The monoisotopic (exact) mass is 282 g/mol. The number of rotatable bonds is 8. The highest BCUT2D eigenvalue weighted by Gasteiger charge is 2.14. The lowest BCUT2D eigenvalue weighted by Crippen LogP contribution is -2.27. The van der Waals surface area contributed by atoms with Crippen molar-refractivity contribution in [3.05, 3.63) is 39.9 Å². The van der Waals surface area contributed by atoms with Gasteiger partial charge < -0.3 is 5.32 Å². The van der Waals surface area contributed by atoms with E-state index >= 15 is 0 Å². The van der Waals surface area contributed by atoms with Crippen LogP contribution < -0.4 is 5.32 Å². The third-order valence-electron chi connectivity index (χ3n) is 3.11. The maximum absolute atomic E-state index is 10.8. The van der Waals surface area contributed by atoms with Crippen molar-refractivity contribution in [3.8, 4) is 0 Å². The Morgan fingerprint density at radius 1 is 1.47 bits per heavy atom. The number of hydrogen-bond acceptors (Lipinski definition) is 4. The predicted octanol–water partition coefficient (Wildman–Crippen LogP) is 3.78. The van der Waals surface area contributed by atoms with Gasteiger partial charge in [-0.15, -0.1) is 0 Å². The maximum atomic E-state index is 10.8. The number of nitro benzene ring substituents is 1. The molecule has 1 N–H and O–H groups in total. The molecule has 0 aliphatic heterocycles. The number of benzene rings is 1. The predicted molar refractivity (Wildman–Crippen MR) is 81.7 cm³/mol. The summed E-state index contributed by atoms with van der Waals surface area (Å²) in [6.07, 6.45) is 4.13. The Morgan fingerprint density at radius 2 is 2.21 bits per heavy atom. The minimum atomic E-state index is -0.336. The van der Waals surface area contributed by atoms with Crippen LogP contribution in [-0.4, -0.2) is 23.0 Å². The van der Waals surface area contributed by atoms with E-state index in [1.54, 1.807) is 12.1 Å². The average Bonchev–Trinajstić information content (AvgIpc) is 2.43. The molecule has 4 nitrogen and oxygen atoms in total. The normalized spacial score (nSPS) is 14.1. The van der Waals surface area contributed by atoms with Crippen molar-refractivity contribution in [3.63, 3.8) is 0 Å². The number of nitro groups is 1. The molecule has 0 aliphatic carbocycles. The van der Waals surface area contributed by atoms with Gasteiger partial charge in [-0.25, -0.2) is 0 Å². The molecule has 1 aromatic carbocycles. The van der Waals surface area contributed by atoms with Crippen LogP contribution in [0.4, 0.5) is 5.69 Å². The molecule has 19 heavy (non-hydrogen) atoms. The summed E-state index contributed by atoms with van der Waals surface area (Å²) in [5.74, 6) is 0.